The summed E-state index contributed by atoms with van der Waals surface area (Å²) < 4.78 is 12.2. The summed E-state index contributed by atoms with van der Waals surface area (Å²) in [6.07, 6.45) is 6.05. The highest BCUT2D eigenvalue weighted by Gasteiger charge is 2.28. The zero-order chi connectivity index (χ0) is 18.6. The minimum Gasteiger partial charge on any atom is -0.508 e. The van der Waals surface area contributed by atoms with Crippen LogP contribution in [0.25, 0.3) is 0 Å². The second-order valence-corrected chi connectivity index (χ2v) is 7.72. The summed E-state index contributed by atoms with van der Waals surface area (Å²) in [5.41, 5.74) is 3.68. The fraction of sp³-hybridized carbons (Fsp3) is 0.478. The Kier molecular flexibility index (Phi) is 5.53. The molecule has 0 aliphatic carbocycles. The lowest BCUT2D eigenvalue weighted by Crippen LogP contribution is -2.34. The normalized spacial score (nSPS) is 18.9. The maximum Gasteiger partial charge on any atom is 0.142 e. The number of phenols is 1. The van der Waals surface area contributed by atoms with Crippen LogP contribution in [-0.2, 0) is 13.0 Å². The predicted octanol–water partition coefficient (Wildman–Crippen LogP) is 4.84. The van der Waals surface area contributed by atoms with Gasteiger partial charge in [0, 0.05) is 19.0 Å². The van der Waals surface area contributed by atoms with Crippen LogP contribution in [0.2, 0.25) is 0 Å². The number of rotatable bonds is 6. The van der Waals surface area contributed by atoms with Crippen molar-refractivity contribution >= 4 is 0 Å². The highest BCUT2D eigenvalue weighted by atomic mass is 16.5. The first-order valence-corrected chi connectivity index (χ1v) is 10.2. The number of nitrogens with zero attached hydrogens (tertiary/aromatic N) is 1. The molecular formula is C23H29NO3. The lowest BCUT2D eigenvalue weighted by Gasteiger charge is -2.33. The quantitative estimate of drug-likeness (QED) is 0.742. The first-order valence-electron chi connectivity index (χ1n) is 10.2. The molecule has 0 radical (unpaired) electrons. The molecule has 2 aliphatic rings. The number of hydrogen-bond donors (Lipinski definition) is 1. The summed E-state index contributed by atoms with van der Waals surface area (Å²) in [4.78, 5) is 2.38. The third-order valence-corrected chi connectivity index (χ3v) is 5.67. The van der Waals surface area contributed by atoms with Crippen molar-refractivity contribution < 1.29 is 14.6 Å². The van der Waals surface area contributed by atoms with Gasteiger partial charge in [0.2, 0.25) is 0 Å². The molecular weight excluding hydrogens is 338 g/mol. The highest BCUT2D eigenvalue weighted by molar-refractivity contribution is 5.52. The van der Waals surface area contributed by atoms with Crippen molar-refractivity contribution in [2.75, 3.05) is 19.9 Å². The molecule has 0 aromatic heterocycles. The minimum absolute atomic E-state index is 0.307. The van der Waals surface area contributed by atoms with Gasteiger partial charge in [-0.2, -0.15) is 0 Å². The smallest absolute Gasteiger partial charge is 0.142 e. The van der Waals surface area contributed by atoms with E-state index in [4.69, 9.17) is 9.47 Å². The third kappa shape index (κ3) is 4.06. The molecule has 1 unspecified atom stereocenters. The highest BCUT2D eigenvalue weighted by Crippen LogP contribution is 2.41. The summed E-state index contributed by atoms with van der Waals surface area (Å²) in [6.45, 7) is 5.59. The summed E-state index contributed by atoms with van der Waals surface area (Å²) >= 11 is 0. The van der Waals surface area contributed by atoms with Gasteiger partial charge in [0.05, 0.1) is 12.2 Å². The van der Waals surface area contributed by atoms with E-state index in [1.165, 1.54) is 42.4 Å². The Morgan fingerprint density at radius 3 is 2.70 bits per heavy atom. The van der Waals surface area contributed by atoms with Crippen LogP contribution < -0.4 is 9.47 Å². The topological polar surface area (TPSA) is 41.9 Å². The molecule has 1 atom stereocenters. The molecule has 0 amide bonds. The molecule has 2 aliphatic heterocycles. The molecule has 2 aromatic carbocycles. The molecule has 0 fully saturated rings. The average Bonchev–Trinajstić information content (AvgIpc) is 2.71. The Morgan fingerprint density at radius 2 is 1.89 bits per heavy atom. The van der Waals surface area contributed by atoms with E-state index in [1.54, 1.807) is 12.1 Å². The Hall–Kier alpha value is -2.20. The molecule has 27 heavy (non-hydrogen) atoms. The van der Waals surface area contributed by atoms with E-state index < -0.39 is 0 Å². The van der Waals surface area contributed by atoms with Crippen molar-refractivity contribution in [1.82, 2.24) is 4.90 Å². The van der Waals surface area contributed by atoms with Gasteiger partial charge < -0.3 is 14.6 Å². The Balaban J connectivity index is 1.47. The fourth-order valence-corrected chi connectivity index (χ4v) is 4.09. The second-order valence-electron chi connectivity index (χ2n) is 7.72. The molecule has 4 heteroatoms. The van der Waals surface area contributed by atoms with Crippen LogP contribution in [0.5, 0.6) is 17.2 Å². The van der Waals surface area contributed by atoms with Gasteiger partial charge in [0.1, 0.15) is 24.0 Å². The van der Waals surface area contributed by atoms with Crippen molar-refractivity contribution in [2.24, 2.45) is 0 Å². The van der Waals surface area contributed by atoms with Gasteiger partial charge in [-0.25, -0.2) is 0 Å². The molecule has 0 saturated carbocycles. The number of hydrogen-bond acceptors (Lipinski definition) is 4. The molecule has 2 heterocycles. The van der Waals surface area contributed by atoms with Crippen molar-refractivity contribution in [2.45, 2.75) is 51.5 Å². The van der Waals surface area contributed by atoms with Gasteiger partial charge in [0.25, 0.3) is 0 Å². The van der Waals surface area contributed by atoms with Gasteiger partial charge in [-0.05, 0) is 42.2 Å². The first kappa shape index (κ1) is 18.2. The van der Waals surface area contributed by atoms with Crippen LogP contribution in [0.4, 0.5) is 0 Å². The largest absolute Gasteiger partial charge is 0.508 e. The number of fused-ring (bicyclic) bond motifs is 3. The summed E-state index contributed by atoms with van der Waals surface area (Å²) in [6, 6.07) is 11.7. The second kappa shape index (κ2) is 8.22. The SMILES string of the molecule is CCCCCCN1COc2ccc3c(c2C1)OCC(c1ccc(O)cc1)C3. The van der Waals surface area contributed by atoms with E-state index in [0.29, 0.717) is 25.0 Å². The molecule has 4 rings (SSSR count). The zero-order valence-corrected chi connectivity index (χ0v) is 16.1. The number of aromatic hydroxyl groups is 1. The number of phenolic OH excluding ortho intramolecular Hbond substituents is 1. The van der Waals surface area contributed by atoms with Crippen molar-refractivity contribution in [3.05, 3.63) is 53.1 Å². The van der Waals surface area contributed by atoms with Gasteiger partial charge in [-0.1, -0.05) is 44.4 Å². The van der Waals surface area contributed by atoms with Crippen LogP contribution in [0.3, 0.4) is 0 Å². The third-order valence-electron chi connectivity index (χ3n) is 5.67. The van der Waals surface area contributed by atoms with Crippen LogP contribution in [0, 0.1) is 0 Å². The number of ether oxygens (including phenoxy) is 2. The predicted molar refractivity (Wildman–Crippen MR) is 107 cm³/mol. The van der Waals surface area contributed by atoms with Crippen molar-refractivity contribution in [3.63, 3.8) is 0 Å². The maximum absolute atomic E-state index is 9.51. The van der Waals surface area contributed by atoms with Crippen LogP contribution in [0.1, 0.15) is 55.2 Å². The van der Waals surface area contributed by atoms with Crippen molar-refractivity contribution in [3.8, 4) is 17.2 Å². The molecule has 0 spiro atoms. The Labute approximate surface area is 161 Å². The van der Waals surface area contributed by atoms with Crippen LogP contribution in [0.15, 0.2) is 36.4 Å². The van der Waals surface area contributed by atoms with E-state index in [1.807, 2.05) is 12.1 Å². The minimum atomic E-state index is 0.307. The van der Waals surface area contributed by atoms with Gasteiger partial charge in [-0.15, -0.1) is 0 Å². The van der Waals surface area contributed by atoms with E-state index in [-0.39, 0.29) is 0 Å². The molecule has 0 saturated heterocycles. The lowest BCUT2D eigenvalue weighted by molar-refractivity contribution is 0.0900. The number of unbranched alkanes of at least 4 members (excludes halogenated alkanes) is 3. The summed E-state index contributed by atoms with van der Waals surface area (Å²) in [5, 5.41) is 9.51. The molecule has 144 valence electrons. The maximum atomic E-state index is 9.51. The van der Waals surface area contributed by atoms with Crippen LogP contribution in [-0.4, -0.2) is 29.9 Å². The van der Waals surface area contributed by atoms with E-state index in [9.17, 15) is 5.11 Å². The molecule has 1 N–H and O–H groups in total. The average molecular weight is 367 g/mol. The van der Waals surface area contributed by atoms with Gasteiger partial charge >= 0.3 is 0 Å². The van der Waals surface area contributed by atoms with E-state index >= 15 is 0 Å². The lowest BCUT2D eigenvalue weighted by atomic mass is 9.89. The van der Waals surface area contributed by atoms with E-state index in [2.05, 4.69) is 24.0 Å². The monoisotopic (exact) mass is 367 g/mol. The fourth-order valence-electron chi connectivity index (χ4n) is 4.09. The first-order chi connectivity index (χ1) is 13.2. The molecule has 4 nitrogen and oxygen atoms in total. The zero-order valence-electron chi connectivity index (χ0n) is 16.1. The number of benzene rings is 2. The van der Waals surface area contributed by atoms with E-state index in [0.717, 1.165) is 31.0 Å². The van der Waals surface area contributed by atoms with Gasteiger partial charge in [0.15, 0.2) is 0 Å². The van der Waals surface area contributed by atoms with Crippen molar-refractivity contribution in [1.29, 1.82) is 0 Å². The molecule has 0 bridgehead atoms. The van der Waals surface area contributed by atoms with Crippen LogP contribution >= 0.6 is 0 Å². The Bertz CT molecular complexity index is 772. The molecule has 2 aromatic rings. The Morgan fingerprint density at radius 1 is 1.04 bits per heavy atom. The summed E-state index contributed by atoms with van der Waals surface area (Å²) in [7, 11) is 0. The van der Waals surface area contributed by atoms with Gasteiger partial charge in [-0.3, -0.25) is 4.90 Å². The summed E-state index contributed by atoms with van der Waals surface area (Å²) in [5.74, 6) is 2.63. The standard InChI is InChI=1S/C23H29NO3/c1-2-3-4-5-12-24-14-21-22(27-16-24)11-8-18-13-19(15-26-23(18)21)17-6-9-20(25)10-7-17/h6-11,19,25H,2-5,12-16H2,1H3.